The van der Waals surface area contributed by atoms with E-state index in [1.165, 1.54) is 36.9 Å². The van der Waals surface area contributed by atoms with E-state index in [9.17, 15) is 19.2 Å². The molecule has 1 aromatic rings. The third-order valence-electron chi connectivity index (χ3n) is 4.20. The maximum absolute atomic E-state index is 12.7. The van der Waals surface area contributed by atoms with Crippen LogP contribution in [-0.4, -0.2) is 65.3 Å². The molecule has 0 radical (unpaired) electrons. The van der Waals surface area contributed by atoms with Crippen LogP contribution in [0.15, 0.2) is 23.1 Å². The molecule has 1 saturated heterocycles. The fourth-order valence-corrected chi connectivity index (χ4v) is 2.76. The molecule has 2 rings (SSSR count). The Balaban J connectivity index is 2.25. The zero-order valence-electron chi connectivity index (χ0n) is 14.1. The van der Waals surface area contributed by atoms with Crippen LogP contribution in [0.4, 0.5) is 0 Å². The van der Waals surface area contributed by atoms with E-state index >= 15 is 0 Å². The molecule has 2 heterocycles. The molecule has 1 aromatic heterocycles. The number of amides is 3. The van der Waals surface area contributed by atoms with Gasteiger partial charge in [-0.25, -0.2) is 0 Å². The summed E-state index contributed by atoms with van der Waals surface area (Å²) < 4.78 is 1.34. The predicted octanol–water partition coefficient (Wildman–Crippen LogP) is -0.948. The molecule has 1 aliphatic heterocycles. The van der Waals surface area contributed by atoms with Crippen molar-refractivity contribution in [2.75, 3.05) is 33.2 Å². The van der Waals surface area contributed by atoms with Crippen LogP contribution in [0.25, 0.3) is 0 Å². The number of hydrogen-bond donors (Lipinski definition) is 1. The van der Waals surface area contributed by atoms with Crippen LogP contribution >= 0.6 is 0 Å². The van der Waals surface area contributed by atoms with Crippen molar-refractivity contribution in [3.05, 3.63) is 34.2 Å². The molecule has 8 heteroatoms. The van der Waals surface area contributed by atoms with Gasteiger partial charge in [0.15, 0.2) is 0 Å². The number of nitrogens with one attached hydrogen (secondary N) is 1. The van der Waals surface area contributed by atoms with E-state index in [2.05, 4.69) is 5.32 Å². The van der Waals surface area contributed by atoms with Gasteiger partial charge in [0, 0.05) is 59.5 Å². The largest absolute Gasteiger partial charge is 0.359 e. The lowest BCUT2D eigenvalue weighted by molar-refractivity contribution is -0.130. The van der Waals surface area contributed by atoms with Crippen molar-refractivity contribution in [2.45, 2.75) is 6.92 Å². The SMILES string of the molecule is CNC(=O)[C@@H]1CN(C(C)=O)CCN(C(=O)c2ccc(=O)n(C)c2)C1. The highest BCUT2D eigenvalue weighted by atomic mass is 16.2. The molecule has 1 N–H and O–H groups in total. The standard InChI is InChI=1S/C16H22N4O4/c1-11(21)19-6-7-20(10-13(9-19)15(23)17-2)16(24)12-4-5-14(22)18(3)8-12/h4-5,8,13H,6-7,9-10H2,1-3H3,(H,17,23)/t13-/m1/s1. The third kappa shape index (κ3) is 3.81. The van der Waals surface area contributed by atoms with Crippen LogP contribution in [0.5, 0.6) is 0 Å². The number of aromatic nitrogens is 1. The summed E-state index contributed by atoms with van der Waals surface area (Å²) in [5.41, 5.74) is 0.178. The normalized spacial score (nSPS) is 18.0. The highest BCUT2D eigenvalue weighted by Gasteiger charge is 2.31. The number of carbonyl (C=O) groups is 3. The first kappa shape index (κ1) is 17.7. The van der Waals surface area contributed by atoms with Gasteiger partial charge in [0.05, 0.1) is 11.5 Å². The maximum atomic E-state index is 12.7. The Hall–Kier alpha value is -2.64. The van der Waals surface area contributed by atoms with E-state index in [4.69, 9.17) is 0 Å². The summed E-state index contributed by atoms with van der Waals surface area (Å²) in [5, 5.41) is 2.58. The first-order valence-electron chi connectivity index (χ1n) is 7.76. The number of hydrogen-bond acceptors (Lipinski definition) is 4. The van der Waals surface area contributed by atoms with E-state index in [0.29, 0.717) is 18.7 Å². The lowest BCUT2D eigenvalue weighted by atomic mass is 10.1. The van der Waals surface area contributed by atoms with E-state index in [1.807, 2.05) is 0 Å². The van der Waals surface area contributed by atoms with Gasteiger partial charge < -0.3 is 19.7 Å². The smallest absolute Gasteiger partial charge is 0.255 e. The molecule has 1 atom stereocenters. The Labute approximate surface area is 140 Å². The van der Waals surface area contributed by atoms with Gasteiger partial charge in [0.1, 0.15) is 0 Å². The molecule has 0 spiro atoms. The number of rotatable bonds is 2. The van der Waals surface area contributed by atoms with Crippen LogP contribution in [-0.2, 0) is 16.6 Å². The summed E-state index contributed by atoms with van der Waals surface area (Å²) in [7, 11) is 3.11. The van der Waals surface area contributed by atoms with Gasteiger partial charge in [0.2, 0.25) is 17.4 Å². The predicted molar refractivity (Wildman–Crippen MR) is 87.4 cm³/mol. The quantitative estimate of drug-likeness (QED) is 0.755. The minimum atomic E-state index is -0.488. The summed E-state index contributed by atoms with van der Waals surface area (Å²) in [5.74, 6) is -1.08. The van der Waals surface area contributed by atoms with Gasteiger partial charge in [0.25, 0.3) is 5.91 Å². The second kappa shape index (κ2) is 7.29. The average Bonchev–Trinajstić information content (AvgIpc) is 2.79. The number of pyridine rings is 1. The molecule has 3 amide bonds. The van der Waals surface area contributed by atoms with Crippen molar-refractivity contribution in [2.24, 2.45) is 13.0 Å². The molecule has 8 nitrogen and oxygen atoms in total. The number of aryl methyl sites for hydroxylation is 1. The molecule has 24 heavy (non-hydrogen) atoms. The minimum Gasteiger partial charge on any atom is -0.359 e. The number of carbonyl (C=O) groups excluding carboxylic acids is 3. The summed E-state index contributed by atoms with van der Waals surface area (Å²) in [6.07, 6.45) is 1.48. The zero-order valence-corrected chi connectivity index (χ0v) is 14.1. The van der Waals surface area contributed by atoms with Crippen LogP contribution in [0.1, 0.15) is 17.3 Å². The Morgan fingerprint density at radius 3 is 2.33 bits per heavy atom. The molecule has 0 aromatic carbocycles. The van der Waals surface area contributed by atoms with Crippen LogP contribution in [0.2, 0.25) is 0 Å². The Morgan fingerprint density at radius 1 is 1.12 bits per heavy atom. The Kier molecular flexibility index (Phi) is 5.38. The van der Waals surface area contributed by atoms with Gasteiger partial charge >= 0.3 is 0 Å². The summed E-state index contributed by atoms with van der Waals surface area (Å²) >= 11 is 0. The second-order valence-corrected chi connectivity index (χ2v) is 5.89. The van der Waals surface area contributed by atoms with Gasteiger partial charge in [-0.15, -0.1) is 0 Å². The average molecular weight is 334 g/mol. The highest BCUT2D eigenvalue weighted by Crippen LogP contribution is 2.13. The summed E-state index contributed by atoms with van der Waals surface area (Å²) in [4.78, 5) is 51.1. The number of nitrogens with zero attached hydrogens (tertiary/aromatic N) is 3. The van der Waals surface area contributed by atoms with Crippen molar-refractivity contribution in [3.8, 4) is 0 Å². The van der Waals surface area contributed by atoms with Crippen LogP contribution in [0.3, 0.4) is 0 Å². The maximum Gasteiger partial charge on any atom is 0.255 e. The lowest BCUT2D eigenvalue weighted by Crippen LogP contribution is -2.42. The molecule has 0 bridgehead atoms. The molecule has 0 saturated carbocycles. The third-order valence-corrected chi connectivity index (χ3v) is 4.20. The highest BCUT2D eigenvalue weighted by molar-refractivity contribution is 5.94. The minimum absolute atomic E-state index is 0.125. The van der Waals surface area contributed by atoms with Crippen molar-refractivity contribution in [1.82, 2.24) is 19.7 Å². The second-order valence-electron chi connectivity index (χ2n) is 5.89. The Morgan fingerprint density at radius 2 is 1.75 bits per heavy atom. The van der Waals surface area contributed by atoms with Gasteiger partial charge in [-0.2, -0.15) is 0 Å². The van der Waals surface area contributed by atoms with Crippen LogP contribution in [0, 0.1) is 5.92 Å². The van der Waals surface area contributed by atoms with Gasteiger partial charge in [-0.3, -0.25) is 19.2 Å². The van der Waals surface area contributed by atoms with Crippen molar-refractivity contribution in [1.29, 1.82) is 0 Å². The Bertz CT molecular complexity index is 712. The summed E-state index contributed by atoms with van der Waals surface area (Å²) in [6, 6.07) is 2.82. The topological polar surface area (TPSA) is 91.7 Å². The molecule has 1 aliphatic rings. The zero-order chi connectivity index (χ0) is 17.9. The first-order valence-corrected chi connectivity index (χ1v) is 7.76. The van der Waals surface area contributed by atoms with Crippen molar-refractivity contribution < 1.29 is 14.4 Å². The molecular weight excluding hydrogens is 312 g/mol. The fourth-order valence-electron chi connectivity index (χ4n) is 2.76. The van der Waals surface area contributed by atoms with E-state index in [0.717, 1.165) is 0 Å². The van der Waals surface area contributed by atoms with E-state index in [-0.39, 0.29) is 36.4 Å². The lowest BCUT2D eigenvalue weighted by Gasteiger charge is -2.23. The fraction of sp³-hybridized carbons (Fsp3) is 0.500. The molecule has 1 fully saturated rings. The van der Waals surface area contributed by atoms with Gasteiger partial charge in [-0.05, 0) is 6.07 Å². The van der Waals surface area contributed by atoms with Crippen molar-refractivity contribution >= 4 is 17.7 Å². The molecular formula is C16H22N4O4. The first-order chi connectivity index (χ1) is 11.3. The molecule has 0 aliphatic carbocycles. The molecule has 130 valence electrons. The van der Waals surface area contributed by atoms with Crippen molar-refractivity contribution in [3.63, 3.8) is 0 Å². The molecule has 0 unspecified atom stereocenters. The van der Waals surface area contributed by atoms with Crippen LogP contribution < -0.4 is 10.9 Å². The van der Waals surface area contributed by atoms with E-state index < -0.39 is 5.92 Å². The van der Waals surface area contributed by atoms with Gasteiger partial charge in [-0.1, -0.05) is 0 Å². The summed E-state index contributed by atoms with van der Waals surface area (Å²) in [6.45, 7) is 2.68. The van der Waals surface area contributed by atoms with E-state index in [1.54, 1.807) is 16.8 Å². The monoisotopic (exact) mass is 334 g/mol.